The number of ether oxygens (including phenoxy) is 1. The summed E-state index contributed by atoms with van der Waals surface area (Å²) in [7, 11) is 0. The van der Waals surface area contributed by atoms with Crippen LogP contribution in [0.15, 0.2) is 30.3 Å². The molecule has 3 heteroatoms. The SMILES string of the molecule is CC(C)CC(C)OC(=O)CCNc1ccccc1. The Morgan fingerprint density at radius 3 is 2.50 bits per heavy atom. The number of nitrogens with one attached hydrogen (secondary N) is 1. The molecule has 0 aliphatic heterocycles. The zero-order valence-electron chi connectivity index (χ0n) is 11.5. The molecule has 0 spiro atoms. The van der Waals surface area contributed by atoms with Gasteiger partial charge in [0.15, 0.2) is 0 Å². The Labute approximate surface area is 110 Å². The highest BCUT2D eigenvalue weighted by atomic mass is 16.5. The maximum Gasteiger partial charge on any atom is 0.307 e. The minimum absolute atomic E-state index is 0.00854. The lowest BCUT2D eigenvalue weighted by molar-refractivity contribution is -0.148. The number of hydrogen-bond acceptors (Lipinski definition) is 3. The van der Waals surface area contributed by atoms with E-state index in [-0.39, 0.29) is 12.1 Å². The molecule has 1 N–H and O–H groups in total. The van der Waals surface area contributed by atoms with Gasteiger partial charge in [-0.3, -0.25) is 4.79 Å². The molecule has 0 saturated carbocycles. The topological polar surface area (TPSA) is 38.3 Å². The van der Waals surface area contributed by atoms with Crippen LogP contribution in [0.4, 0.5) is 5.69 Å². The van der Waals surface area contributed by atoms with Crippen LogP contribution < -0.4 is 5.32 Å². The number of anilines is 1. The maximum absolute atomic E-state index is 11.6. The quantitative estimate of drug-likeness (QED) is 0.752. The summed E-state index contributed by atoms with van der Waals surface area (Å²) in [5, 5.41) is 3.19. The van der Waals surface area contributed by atoms with E-state index < -0.39 is 0 Å². The number of hydrogen-bond donors (Lipinski definition) is 1. The third-order valence-corrected chi connectivity index (χ3v) is 2.57. The zero-order chi connectivity index (χ0) is 13.4. The first-order chi connectivity index (χ1) is 8.58. The van der Waals surface area contributed by atoms with Crippen molar-refractivity contribution in [2.45, 2.75) is 39.7 Å². The summed E-state index contributed by atoms with van der Waals surface area (Å²) >= 11 is 0. The van der Waals surface area contributed by atoms with Crippen LogP contribution in [-0.2, 0) is 9.53 Å². The highest BCUT2D eigenvalue weighted by molar-refractivity contribution is 5.70. The summed E-state index contributed by atoms with van der Waals surface area (Å²) in [6, 6.07) is 9.85. The molecule has 0 bridgehead atoms. The fourth-order valence-electron chi connectivity index (χ4n) is 1.86. The normalized spacial score (nSPS) is 12.2. The zero-order valence-corrected chi connectivity index (χ0v) is 11.5. The van der Waals surface area contributed by atoms with Gasteiger partial charge in [0.25, 0.3) is 0 Å². The minimum atomic E-state index is -0.133. The summed E-state index contributed by atoms with van der Waals surface area (Å²) in [5.74, 6) is 0.418. The van der Waals surface area contributed by atoms with E-state index in [1.54, 1.807) is 0 Å². The van der Waals surface area contributed by atoms with Crippen LogP contribution in [0.5, 0.6) is 0 Å². The molecule has 1 aromatic carbocycles. The molecular formula is C15H23NO2. The van der Waals surface area contributed by atoms with Crippen molar-refractivity contribution in [2.75, 3.05) is 11.9 Å². The highest BCUT2D eigenvalue weighted by Crippen LogP contribution is 2.09. The molecule has 0 saturated heterocycles. The molecule has 1 unspecified atom stereocenters. The van der Waals surface area contributed by atoms with Crippen LogP contribution >= 0.6 is 0 Å². The molecule has 1 aromatic rings. The van der Waals surface area contributed by atoms with Crippen molar-refractivity contribution in [3.8, 4) is 0 Å². The lowest BCUT2D eigenvalue weighted by atomic mass is 10.1. The lowest BCUT2D eigenvalue weighted by Gasteiger charge is -2.15. The molecule has 0 amide bonds. The Bertz CT molecular complexity index is 349. The Balaban J connectivity index is 2.17. The summed E-state index contributed by atoms with van der Waals surface area (Å²) in [5.41, 5.74) is 1.03. The molecule has 0 heterocycles. The van der Waals surface area contributed by atoms with Gasteiger partial charge in [0.05, 0.1) is 12.5 Å². The molecule has 0 fully saturated rings. The van der Waals surface area contributed by atoms with E-state index in [4.69, 9.17) is 4.74 Å². The lowest BCUT2D eigenvalue weighted by Crippen LogP contribution is -2.19. The van der Waals surface area contributed by atoms with Crippen LogP contribution in [0.3, 0.4) is 0 Å². The first kappa shape index (κ1) is 14.6. The van der Waals surface area contributed by atoms with Gasteiger partial charge in [-0.1, -0.05) is 32.0 Å². The monoisotopic (exact) mass is 249 g/mol. The molecule has 0 aliphatic rings. The number of esters is 1. The van der Waals surface area contributed by atoms with Gasteiger partial charge in [0.2, 0.25) is 0 Å². The van der Waals surface area contributed by atoms with Gasteiger partial charge < -0.3 is 10.1 Å². The molecule has 18 heavy (non-hydrogen) atoms. The average Bonchev–Trinajstić information content (AvgIpc) is 2.29. The van der Waals surface area contributed by atoms with E-state index in [0.29, 0.717) is 18.9 Å². The molecule has 1 atom stereocenters. The molecule has 100 valence electrons. The van der Waals surface area contributed by atoms with Crippen molar-refractivity contribution in [3.63, 3.8) is 0 Å². The Morgan fingerprint density at radius 1 is 1.22 bits per heavy atom. The van der Waals surface area contributed by atoms with Crippen LogP contribution in [-0.4, -0.2) is 18.6 Å². The minimum Gasteiger partial charge on any atom is -0.463 e. The summed E-state index contributed by atoms with van der Waals surface area (Å²) < 4.78 is 5.32. The number of carbonyl (C=O) groups is 1. The van der Waals surface area contributed by atoms with Crippen LogP contribution in [0.2, 0.25) is 0 Å². The Hall–Kier alpha value is -1.51. The summed E-state index contributed by atoms with van der Waals surface area (Å²) in [6.45, 7) is 6.81. The largest absolute Gasteiger partial charge is 0.463 e. The fourth-order valence-corrected chi connectivity index (χ4v) is 1.86. The van der Waals surface area contributed by atoms with Crippen molar-refractivity contribution < 1.29 is 9.53 Å². The molecule has 0 aromatic heterocycles. The molecule has 0 radical (unpaired) electrons. The van der Waals surface area contributed by atoms with Crippen molar-refractivity contribution in [3.05, 3.63) is 30.3 Å². The van der Waals surface area contributed by atoms with E-state index >= 15 is 0 Å². The van der Waals surface area contributed by atoms with Crippen LogP contribution in [0.25, 0.3) is 0 Å². The van der Waals surface area contributed by atoms with E-state index in [2.05, 4.69) is 19.2 Å². The second-order valence-electron chi connectivity index (χ2n) is 4.97. The van der Waals surface area contributed by atoms with Gasteiger partial charge >= 0.3 is 5.97 Å². The van der Waals surface area contributed by atoms with Gasteiger partial charge in [-0.2, -0.15) is 0 Å². The van der Waals surface area contributed by atoms with Gasteiger partial charge in [-0.05, 0) is 31.4 Å². The predicted molar refractivity (Wildman–Crippen MR) is 74.6 cm³/mol. The van der Waals surface area contributed by atoms with E-state index in [9.17, 15) is 4.79 Å². The highest BCUT2D eigenvalue weighted by Gasteiger charge is 2.10. The molecule has 0 aliphatic carbocycles. The molecule has 1 rings (SSSR count). The van der Waals surface area contributed by atoms with Crippen molar-refractivity contribution in [1.29, 1.82) is 0 Å². The van der Waals surface area contributed by atoms with Gasteiger partial charge in [0, 0.05) is 12.2 Å². The third-order valence-electron chi connectivity index (χ3n) is 2.57. The van der Waals surface area contributed by atoms with Gasteiger partial charge in [-0.25, -0.2) is 0 Å². The standard InChI is InChI=1S/C15H23NO2/c1-12(2)11-13(3)18-15(17)9-10-16-14-7-5-4-6-8-14/h4-8,12-13,16H,9-11H2,1-3H3. The Morgan fingerprint density at radius 2 is 1.89 bits per heavy atom. The van der Waals surface area contributed by atoms with E-state index in [1.807, 2.05) is 37.3 Å². The predicted octanol–water partition coefficient (Wildman–Crippen LogP) is 3.47. The van der Waals surface area contributed by atoms with Gasteiger partial charge in [0.1, 0.15) is 0 Å². The first-order valence-corrected chi connectivity index (χ1v) is 6.56. The first-order valence-electron chi connectivity index (χ1n) is 6.56. The Kier molecular flexibility index (Phi) is 6.26. The fraction of sp³-hybridized carbons (Fsp3) is 0.533. The smallest absolute Gasteiger partial charge is 0.307 e. The number of benzene rings is 1. The average molecular weight is 249 g/mol. The van der Waals surface area contributed by atoms with Crippen molar-refractivity contribution in [1.82, 2.24) is 0 Å². The summed E-state index contributed by atoms with van der Waals surface area (Å²) in [6.07, 6.45) is 1.32. The maximum atomic E-state index is 11.6. The number of rotatable bonds is 7. The second kappa shape index (κ2) is 7.75. The third kappa shape index (κ3) is 6.28. The van der Waals surface area contributed by atoms with Gasteiger partial charge in [-0.15, -0.1) is 0 Å². The van der Waals surface area contributed by atoms with Crippen LogP contribution in [0.1, 0.15) is 33.6 Å². The van der Waals surface area contributed by atoms with E-state index in [1.165, 1.54) is 0 Å². The van der Waals surface area contributed by atoms with Crippen molar-refractivity contribution in [2.24, 2.45) is 5.92 Å². The van der Waals surface area contributed by atoms with E-state index in [0.717, 1.165) is 12.1 Å². The molecular weight excluding hydrogens is 226 g/mol. The number of carbonyl (C=O) groups excluding carboxylic acids is 1. The van der Waals surface area contributed by atoms with Crippen molar-refractivity contribution >= 4 is 11.7 Å². The molecule has 3 nitrogen and oxygen atoms in total. The van der Waals surface area contributed by atoms with Crippen LogP contribution in [0, 0.1) is 5.92 Å². The summed E-state index contributed by atoms with van der Waals surface area (Å²) in [4.78, 5) is 11.6. The number of para-hydroxylation sites is 1. The second-order valence-corrected chi connectivity index (χ2v) is 4.97.